The zero-order chi connectivity index (χ0) is 7.23. The van der Waals surface area contributed by atoms with Crippen LogP contribution in [0, 0.1) is 6.07 Å². The van der Waals surface area contributed by atoms with E-state index >= 15 is 0 Å². The van der Waals surface area contributed by atoms with Gasteiger partial charge in [0.05, 0.1) is 0 Å². The maximum absolute atomic E-state index is 5.08. The van der Waals surface area contributed by atoms with Gasteiger partial charge < -0.3 is 33.5 Å². The Hall–Kier alpha value is 0.476. The van der Waals surface area contributed by atoms with Crippen LogP contribution in [0.5, 0.6) is 5.75 Å². The maximum Gasteiger partial charge on any atom is 2.00 e. The Morgan fingerprint density at radius 3 is 2.67 bits per heavy atom. The first-order valence-electron chi connectivity index (χ1n) is 3.02. The van der Waals surface area contributed by atoms with Crippen molar-refractivity contribution in [3.63, 3.8) is 0 Å². The fourth-order valence-corrected chi connectivity index (χ4v) is 0.589. The van der Waals surface area contributed by atoms with Crippen molar-refractivity contribution in [3.05, 3.63) is 30.3 Å². The first-order chi connectivity index (χ1) is 4.93. The van der Waals surface area contributed by atoms with Crippen LogP contribution in [0.25, 0.3) is 0 Å². The molecule has 12 heavy (non-hydrogen) atoms. The third-order valence-electron chi connectivity index (χ3n) is 1.01. The van der Waals surface area contributed by atoms with Crippen molar-refractivity contribution in [3.8, 4) is 5.75 Å². The van der Waals surface area contributed by atoms with E-state index in [0.717, 1.165) is 0 Å². The van der Waals surface area contributed by atoms with E-state index in [4.69, 9.17) is 9.47 Å². The Balaban J connectivity index is 0. The summed E-state index contributed by atoms with van der Waals surface area (Å²) in [5.41, 5.74) is 0. The van der Waals surface area contributed by atoms with Crippen LogP contribution in [-0.4, -0.2) is 37.0 Å². The average Bonchev–Trinajstić information content (AvgIpc) is 2.03. The zero-order valence-corrected chi connectivity index (χ0v) is 10.5. The molecule has 0 aliphatic heterocycles. The molecule has 0 aliphatic rings. The third kappa shape index (κ3) is 6.04. The molecule has 0 fully saturated rings. The summed E-state index contributed by atoms with van der Waals surface area (Å²) in [4.78, 5) is 0. The van der Waals surface area contributed by atoms with Crippen LogP contribution in [0.4, 0.5) is 0 Å². The molecule has 0 bridgehead atoms. The van der Waals surface area contributed by atoms with E-state index in [0.29, 0.717) is 5.75 Å². The molecule has 0 heterocycles. The summed E-state index contributed by atoms with van der Waals surface area (Å²) < 4.78 is 9.78. The second kappa shape index (κ2) is 9.56. The molecule has 62 valence electrons. The van der Waals surface area contributed by atoms with E-state index in [-0.39, 0.29) is 53.8 Å². The molecule has 0 amide bonds. The predicted octanol–water partition coefficient (Wildman–Crippen LogP) is -1.91. The number of para-hydroxylation sites is 1. The molecular weight excluding hydrogens is 279 g/mol. The molecule has 2 nitrogen and oxygen atoms in total. The molecule has 0 aliphatic carbocycles. The quantitative estimate of drug-likeness (QED) is 0.280. The summed E-state index contributed by atoms with van der Waals surface area (Å²) in [5.74, 6) is 0.712. The maximum atomic E-state index is 5.08. The van der Waals surface area contributed by atoms with Gasteiger partial charge in [0.25, 0.3) is 0 Å². The molecule has 0 N–H and O–H groups in total. The van der Waals surface area contributed by atoms with Gasteiger partial charge in [-0.3, -0.25) is 0 Å². The van der Waals surface area contributed by atoms with Crippen LogP contribution >= 0.6 is 0 Å². The van der Waals surface area contributed by atoms with Crippen molar-refractivity contribution >= 4 is 23.1 Å². The number of ether oxygens (including phenoxy) is 2. The van der Waals surface area contributed by atoms with Gasteiger partial charge in [-0.2, -0.15) is 18.2 Å². The fraction of sp³-hybridized carbons (Fsp3) is 0.250. The van der Waals surface area contributed by atoms with Crippen LogP contribution in [0.1, 0.15) is 0 Å². The van der Waals surface area contributed by atoms with Crippen molar-refractivity contribution in [2.45, 2.75) is 0 Å². The molecule has 0 radical (unpaired) electrons. The van der Waals surface area contributed by atoms with E-state index in [1.54, 1.807) is 13.2 Å². The number of rotatable bonds is 3. The fourth-order valence-electron chi connectivity index (χ4n) is 0.589. The Morgan fingerprint density at radius 1 is 1.42 bits per heavy atom. The number of hydrogen-bond acceptors (Lipinski definition) is 2. The molecule has 1 aromatic carbocycles. The van der Waals surface area contributed by atoms with Crippen molar-refractivity contribution in [1.29, 1.82) is 0 Å². The van der Waals surface area contributed by atoms with E-state index < -0.39 is 0 Å². The Bertz CT molecular complexity index is 182. The number of benzene rings is 1. The molecule has 1 aromatic rings. The number of hydrogen-bond donors (Lipinski definition) is 0. The van der Waals surface area contributed by atoms with Crippen LogP contribution < -0.4 is 28.7 Å². The molecule has 0 unspecified atom stereocenters. The molecule has 0 aromatic heterocycles. The third-order valence-corrected chi connectivity index (χ3v) is 1.01. The van der Waals surface area contributed by atoms with E-state index in [1.165, 1.54) is 0 Å². The predicted molar refractivity (Wildman–Crippen MR) is 43.5 cm³/mol. The second-order valence-corrected chi connectivity index (χ2v) is 1.78. The van der Waals surface area contributed by atoms with E-state index in [9.17, 15) is 0 Å². The van der Waals surface area contributed by atoms with Crippen molar-refractivity contribution in [2.75, 3.05) is 13.9 Å². The van der Waals surface area contributed by atoms with Gasteiger partial charge in [0.2, 0.25) is 0 Å². The normalized spacial score (nSPS) is 7.75. The van der Waals surface area contributed by atoms with Crippen molar-refractivity contribution in [2.24, 2.45) is 0 Å². The van der Waals surface area contributed by atoms with Gasteiger partial charge in [-0.25, -0.2) is 0 Å². The standard InChI is InChI=1S/C8H9O2.HI.Mg/c1-9-7-10-8-5-3-2-4-6-8;;/h2-5H,7H2,1H3;1H;/q-1;;+2/p-1. The van der Waals surface area contributed by atoms with Crippen molar-refractivity contribution in [1.82, 2.24) is 0 Å². The molecule has 0 saturated heterocycles. The SMILES string of the molecule is COCOc1[c-]cccc1.[I-].[Mg+2]. The van der Waals surface area contributed by atoms with Crippen LogP contribution in [0.2, 0.25) is 0 Å². The minimum atomic E-state index is 0. The average molecular weight is 288 g/mol. The summed E-state index contributed by atoms with van der Waals surface area (Å²) in [6.45, 7) is 0.278. The smallest absolute Gasteiger partial charge is 1.00 e. The van der Waals surface area contributed by atoms with Gasteiger partial charge in [-0.1, -0.05) is 0 Å². The minimum Gasteiger partial charge on any atom is -1.00 e. The molecule has 0 atom stereocenters. The van der Waals surface area contributed by atoms with Gasteiger partial charge in [0, 0.05) is 12.9 Å². The topological polar surface area (TPSA) is 18.5 Å². The molecule has 1 rings (SSSR count). The summed E-state index contributed by atoms with van der Waals surface area (Å²) in [6, 6.07) is 10.3. The number of methoxy groups -OCH3 is 1. The molecule has 0 saturated carbocycles. The van der Waals surface area contributed by atoms with Crippen LogP contribution in [0.15, 0.2) is 24.3 Å². The first-order valence-corrected chi connectivity index (χ1v) is 3.02. The van der Waals surface area contributed by atoms with Gasteiger partial charge in [-0.15, -0.1) is 12.1 Å². The van der Waals surface area contributed by atoms with E-state index in [2.05, 4.69) is 6.07 Å². The molecule has 4 heteroatoms. The zero-order valence-electron chi connectivity index (χ0n) is 6.92. The van der Waals surface area contributed by atoms with Gasteiger partial charge in [0.15, 0.2) is 6.79 Å². The monoisotopic (exact) mass is 288 g/mol. The Labute approximate surface area is 106 Å². The summed E-state index contributed by atoms with van der Waals surface area (Å²) in [7, 11) is 1.59. The first kappa shape index (κ1) is 15.0. The van der Waals surface area contributed by atoms with Gasteiger partial charge in [-0.05, 0) is 0 Å². The van der Waals surface area contributed by atoms with E-state index in [1.807, 2.05) is 18.2 Å². The molecular formula is C8H9IMgO2. The van der Waals surface area contributed by atoms with Gasteiger partial charge in [0.1, 0.15) is 0 Å². The summed E-state index contributed by atoms with van der Waals surface area (Å²) >= 11 is 0. The van der Waals surface area contributed by atoms with Crippen LogP contribution in [-0.2, 0) is 4.74 Å². The second-order valence-electron chi connectivity index (χ2n) is 1.78. The minimum absolute atomic E-state index is 0. The molecule has 0 spiro atoms. The van der Waals surface area contributed by atoms with Gasteiger partial charge >= 0.3 is 23.1 Å². The van der Waals surface area contributed by atoms with Crippen molar-refractivity contribution < 1.29 is 33.5 Å². The Morgan fingerprint density at radius 2 is 2.17 bits per heavy atom. The summed E-state index contributed by atoms with van der Waals surface area (Å²) in [6.07, 6.45) is 0. The largest absolute Gasteiger partial charge is 2.00 e. The van der Waals surface area contributed by atoms with Crippen LogP contribution in [0.3, 0.4) is 0 Å². The Kier molecular flexibility index (Phi) is 11.9. The summed E-state index contributed by atoms with van der Waals surface area (Å²) in [5, 5.41) is 0. The number of halogens is 1.